The van der Waals surface area contributed by atoms with Gasteiger partial charge in [-0.2, -0.15) is 0 Å². The Labute approximate surface area is 134 Å². The number of ether oxygens (including phenoxy) is 2. The Morgan fingerprint density at radius 2 is 2.38 bits per heavy atom. The van der Waals surface area contributed by atoms with Gasteiger partial charge in [0, 0.05) is 19.6 Å². The smallest absolute Gasteiger partial charge is 0.348 e. The van der Waals surface area contributed by atoms with E-state index in [1.807, 2.05) is 0 Å². The Bertz CT molecular complexity index is 635. The van der Waals surface area contributed by atoms with Gasteiger partial charge in [0.25, 0.3) is 0 Å². The van der Waals surface area contributed by atoms with Crippen molar-refractivity contribution in [1.82, 2.24) is 4.72 Å². The molecule has 1 aromatic heterocycles. The maximum Gasteiger partial charge on any atom is 0.348 e. The van der Waals surface area contributed by atoms with Gasteiger partial charge in [-0.3, -0.25) is 0 Å². The van der Waals surface area contributed by atoms with Crippen LogP contribution in [0.25, 0.3) is 0 Å². The van der Waals surface area contributed by atoms with Crippen LogP contribution in [0.1, 0.15) is 16.1 Å². The first-order chi connectivity index (χ1) is 9.77. The summed E-state index contributed by atoms with van der Waals surface area (Å²) >= 11 is 4.09. The third-order valence-electron chi connectivity index (χ3n) is 3.01. The molecule has 118 valence electrons. The molecule has 10 heteroatoms. The predicted octanol–water partition coefficient (Wildman–Crippen LogP) is 0.727. The van der Waals surface area contributed by atoms with Crippen LogP contribution in [-0.4, -0.2) is 52.0 Å². The standard InChI is InChI=1S/C11H14BrNO6S2/c1-18-10(14)7-4-8(9(12)20-7)21(16,17)13-5-11(15)2-3-19-6-11/h4,13,15H,2-3,5-6H2,1H3. The number of carbonyl (C=O) groups excluding carboxylic acids is 1. The summed E-state index contributed by atoms with van der Waals surface area (Å²) < 4.78 is 36.7. The van der Waals surface area contributed by atoms with Gasteiger partial charge in [0.1, 0.15) is 15.4 Å². The predicted molar refractivity (Wildman–Crippen MR) is 78.9 cm³/mol. The third-order valence-corrected chi connectivity index (χ3v) is 6.64. The molecule has 0 radical (unpaired) electrons. The van der Waals surface area contributed by atoms with Gasteiger partial charge >= 0.3 is 5.97 Å². The summed E-state index contributed by atoms with van der Waals surface area (Å²) in [5.41, 5.74) is -1.19. The van der Waals surface area contributed by atoms with E-state index in [4.69, 9.17) is 4.74 Å². The minimum Gasteiger partial charge on any atom is -0.465 e. The van der Waals surface area contributed by atoms with Crippen LogP contribution in [0.5, 0.6) is 0 Å². The Morgan fingerprint density at radius 1 is 1.67 bits per heavy atom. The molecule has 0 aromatic carbocycles. The number of sulfonamides is 1. The van der Waals surface area contributed by atoms with Crippen LogP contribution in [0, 0.1) is 0 Å². The highest BCUT2D eigenvalue weighted by molar-refractivity contribution is 9.11. The zero-order valence-electron chi connectivity index (χ0n) is 11.1. The van der Waals surface area contributed by atoms with Crippen LogP contribution in [0.2, 0.25) is 0 Å². The van der Waals surface area contributed by atoms with Crippen LogP contribution < -0.4 is 4.72 Å². The summed E-state index contributed by atoms with van der Waals surface area (Å²) in [4.78, 5) is 11.5. The maximum atomic E-state index is 12.2. The largest absolute Gasteiger partial charge is 0.465 e. The van der Waals surface area contributed by atoms with Gasteiger partial charge in [-0.1, -0.05) is 0 Å². The molecule has 0 amide bonds. The first-order valence-electron chi connectivity index (χ1n) is 5.95. The topological polar surface area (TPSA) is 102 Å². The number of rotatable bonds is 5. The van der Waals surface area contributed by atoms with E-state index in [9.17, 15) is 18.3 Å². The number of hydrogen-bond donors (Lipinski definition) is 2. The van der Waals surface area contributed by atoms with Crippen molar-refractivity contribution in [2.45, 2.75) is 16.9 Å². The number of aliphatic hydroxyl groups is 1. The number of esters is 1. The van der Waals surface area contributed by atoms with Crippen molar-refractivity contribution in [3.8, 4) is 0 Å². The van der Waals surface area contributed by atoms with E-state index in [-0.39, 0.29) is 22.9 Å². The Kier molecular flexibility index (Phi) is 5.06. The average Bonchev–Trinajstić information content (AvgIpc) is 3.03. The van der Waals surface area contributed by atoms with Crippen molar-refractivity contribution < 1.29 is 27.8 Å². The van der Waals surface area contributed by atoms with Crippen LogP contribution in [-0.2, 0) is 19.5 Å². The first-order valence-corrected chi connectivity index (χ1v) is 9.04. The molecule has 1 atom stereocenters. The number of hydrogen-bond acceptors (Lipinski definition) is 7. The summed E-state index contributed by atoms with van der Waals surface area (Å²) in [6.45, 7) is 0.339. The fourth-order valence-electron chi connectivity index (χ4n) is 1.78. The molecule has 1 unspecified atom stereocenters. The normalized spacial score (nSPS) is 22.4. The molecule has 1 saturated heterocycles. The fourth-order valence-corrected chi connectivity index (χ4v) is 5.38. The van der Waals surface area contributed by atoms with Crippen LogP contribution in [0.3, 0.4) is 0 Å². The lowest BCUT2D eigenvalue weighted by Gasteiger charge is -2.20. The molecule has 7 nitrogen and oxygen atoms in total. The van der Waals surface area contributed by atoms with E-state index in [0.717, 1.165) is 11.3 Å². The van der Waals surface area contributed by atoms with E-state index < -0.39 is 21.6 Å². The second-order valence-corrected chi connectivity index (χ2v) is 8.70. The van der Waals surface area contributed by atoms with E-state index in [1.54, 1.807) is 0 Å². The molecule has 0 bridgehead atoms. The molecule has 2 rings (SSSR count). The van der Waals surface area contributed by atoms with Gasteiger partial charge in [0.05, 0.1) is 17.5 Å². The highest BCUT2D eigenvalue weighted by Gasteiger charge is 2.34. The maximum absolute atomic E-state index is 12.2. The monoisotopic (exact) mass is 399 g/mol. The van der Waals surface area contributed by atoms with Gasteiger partial charge in [-0.05, 0) is 22.0 Å². The zero-order valence-corrected chi connectivity index (χ0v) is 14.3. The highest BCUT2D eigenvalue weighted by Crippen LogP contribution is 2.32. The first kappa shape index (κ1) is 16.8. The summed E-state index contributed by atoms with van der Waals surface area (Å²) in [5.74, 6) is -0.607. The summed E-state index contributed by atoms with van der Waals surface area (Å²) in [6.07, 6.45) is 0.369. The lowest BCUT2D eigenvalue weighted by molar-refractivity contribution is 0.0314. The Hall–Kier alpha value is -0.520. The molecule has 1 aromatic rings. The van der Waals surface area contributed by atoms with E-state index in [0.29, 0.717) is 16.8 Å². The number of carbonyl (C=O) groups is 1. The van der Waals surface area contributed by atoms with Gasteiger partial charge in [-0.25, -0.2) is 17.9 Å². The quantitative estimate of drug-likeness (QED) is 0.707. The van der Waals surface area contributed by atoms with Crippen molar-refractivity contribution in [2.24, 2.45) is 0 Å². The molecule has 2 N–H and O–H groups in total. The number of halogens is 1. The van der Waals surface area contributed by atoms with E-state index in [2.05, 4.69) is 25.4 Å². The average molecular weight is 400 g/mol. The summed E-state index contributed by atoms with van der Waals surface area (Å²) in [5, 5.41) is 10.1. The third kappa shape index (κ3) is 3.82. The minimum atomic E-state index is -3.85. The highest BCUT2D eigenvalue weighted by atomic mass is 79.9. The zero-order chi connectivity index (χ0) is 15.7. The SMILES string of the molecule is COC(=O)c1cc(S(=O)(=O)NCC2(O)CCOC2)c(Br)s1. The van der Waals surface area contributed by atoms with Crippen molar-refractivity contribution >= 4 is 43.3 Å². The molecule has 21 heavy (non-hydrogen) atoms. The van der Waals surface area contributed by atoms with Gasteiger partial charge in [0.2, 0.25) is 10.0 Å². The van der Waals surface area contributed by atoms with Crippen LogP contribution in [0.4, 0.5) is 0 Å². The Morgan fingerprint density at radius 3 is 2.95 bits per heavy atom. The number of methoxy groups -OCH3 is 1. The number of nitrogens with one attached hydrogen (secondary N) is 1. The lowest BCUT2D eigenvalue weighted by Crippen LogP contribution is -2.43. The number of thiophene rings is 1. The molecule has 2 heterocycles. The molecular weight excluding hydrogens is 386 g/mol. The van der Waals surface area contributed by atoms with Crippen molar-refractivity contribution in [1.29, 1.82) is 0 Å². The van der Waals surface area contributed by atoms with Crippen molar-refractivity contribution in [2.75, 3.05) is 26.9 Å². The van der Waals surface area contributed by atoms with Gasteiger partial charge < -0.3 is 14.6 Å². The molecular formula is C11H14BrNO6S2. The molecule has 0 saturated carbocycles. The molecule has 0 spiro atoms. The lowest BCUT2D eigenvalue weighted by atomic mass is 10.1. The van der Waals surface area contributed by atoms with Crippen LogP contribution in [0.15, 0.2) is 14.7 Å². The molecule has 1 aliphatic rings. The Balaban J connectivity index is 2.16. The second-order valence-electron chi connectivity index (χ2n) is 4.59. The van der Waals surface area contributed by atoms with E-state index >= 15 is 0 Å². The summed E-state index contributed by atoms with van der Waals surface area (Å²) in [6, 6.07) is 1.23. The van der Waals surface area contributed by atoms with Gasteiger partial charge in [0.15, 0.2) is 0 Å². The minimum absolute atomic E-state index is 0.0598. The van der Waals surface area contributed by atoms with Gasteiger partial charge in [-0.15, -0.1) is 11.3 Å². The molecule has 0 aliphatic carbocycles. The molecule has 1 fully saturated rings. The summed E-state index contributed by atoms with van der Waals surface area (Å²) in [7, 11) is -2.63. The van der Waals surface area contributed by atoms with Crippen LogP contribution >= 0.6 is 27.3 Å². The van der Waals surface area contributed by atoms with Crippen molar-refractivity contribution in [3.05, 3.63) is 14.7 Å². The molecule has 1 aliphatic heterocycles. The van der Waals surface area contributed by atoms with E-state index in [1.165, 1.54) is 13.2 Å². The second kappa shape index (κ2) is 6.31. The fraction of sp³-hybridized carbons (Fsp3) is 0.545. The van der Waals surface area contributed by atoms with Crippen molar-refractivity contribution in [3.63, 3.8) is 0 Å².